The normalized spacial score (nSPS) is 26.9. The Kier molecular flexibility index (Phi) is 5.24. The molecule has 1 aromatic rings. The van der Waals surface area contributed by atoms with E-state index in [0.29, 0.717) is 24.5 Å². The van der Waals surface area contributed by atoms with Gasteiger partial charge in [0.25, 0.3) is 5.91 Å². The maximum Gasteiger partial charge on any atom is 0.291 e. The van der Waals surface area contributed by atoms with E-state index in [-0.39, 0.29) is 17.2 Å². The van der Waals surface area contributed by atoms with Crippen LogP contribution in [0.3, 0.4) is 0 Å². The van der Waals surface area contributed by atoms with Gasteiger partial charge in [-0.15, -0.1) is 0 Å². The third-order valence-corrected chi connectivity index (χ3v) is 6.94. The molecule has 0 radical (unpaired) electrons. The van der Waals surface area contributed by atoms with Crippen LogP contribution in [0.25, 0.3) is 0 Å². The summed E-state index contributed by atoms with van der Waals surface area (Å²) in [5.74, 6) is 1.24. The number of piperidine rings is 1. The minimum absolute atomic E-state index is 0.131. The van der Waals surface area contributed by atoms with Crippen molar-refractivity contribution in [2.45, 2.75) is 64.7 Å². The fourth-order valence-corrected chi connectivity index (χ4v) is 5.25. The largest absolute Gasteiger partial charge is 0.438 e. The Morgan fingerprint density at radius 2 is 2.04 bits per heavy atom. The summed E-state index contributed by atoms with van der Waals surface area (Å²) in [5, 5.41) is 0. The maximum absolute atomic E-state index is 13.3. The van der Waals surface area contributed by atoms with Crippen molar-refractivity contribution in [3.63, 3.8) is 0 Å². The summed E-state index contributed by atoms with van der Waals surface area (Å²) in [6.45, 7) is 4.69. The molecule has 1 aromatic heterocycles. The second kappa shape index (κ2) is 7.64. The van der Waals surface area contributed by atoms with Gasteiger partial charge in [-0.2, -0.15) is 0 Å². The fourth-order valence-electron chi connectivity index (χ4n) is 5.25. The first-order valence-electron chi connectivity index (χ1n) is 10.6. The summed E-state index contributed by atoms with van der Waals surface area (Å²) in [5.41, 5.74) is 0.235. The SMILES string of the molecule is Cc1ncoc1C(=O)N1CCC2(CCCN(CCC3CCCCC3)C2=O)C1. The summed E-state index contributed by atoms with van der Waals surface area (Å²) < 4.78 is 5.27. The molecule has 3 heterocycles. The summed E-state index contributed by atoms with van der Waals surface area (Å²) in [7, 11) is 0. The van der Waals surface area contributed by atoms with Crippen molar-refractivity contribution in [2.75, 3.05) is 26.2 Å². The summed E-state index contributed by atoms with van der Waals surface area (Å²) in [4.78, 5) is 33.9. The minimum atomic E-state index is -0.381. The molecule has 6 nitrogen and oxygen atoms in total. The summed E-state index contributed by atoms with van der Waals surface area (Å²) in [6, 6.07) is 0. The third kappa shape index (κ3) is 3.63. The van der Waals surface area contributed by atoms with Gasteiger partial charge >= 0.3 is 0 Å². The molecule has 1 spiro atoms. The number of nitrogens with zero attached hydrogens (tertiary/aromatic N) is 3. The second-order valence-electron chi connectivity index (χ2n) is 8.71. The van der Waals surface area contributed by atoms with E-state index in [4.69, 9.17) is 4.42 Å². The fraction of sp³-hybridized carbons (Fsp3) is 0.762. The van der Waals surface area contributed by atoms with E-state index in [1.165, 1.54) is 38.5 Å². The van der Waals surface area contributed by atoms with Gasteiger partial charge in [0.2, 0.25) is 11.7 Å². The number of aryl methyl sites for hydroxylation is 1. The van der Waals surface area contributed by atoms with Crippen LogP contribution in [0.1, 0.15) is 74.0 Å². The smallest absolute Gasteiger partial charge is 0.291 e. The molecule has 1 saturated carbocycles. The molecule has 3 aliphatic rings. The highest BCUT2D eigenvalue weighted by atomic mass is 16.3. The maximum atomic E-state index is 13.3. The van der Waals surface area contributed by atoms with Crippen LogP contribution in [-0.2, 0) is 4.79 Å². The van der Waals surface area contributed by atoms with E-state index in [1.54, 1.807) is 11.8 Å². The van der Waals surface area contributed by atoms with Crippen LogP contribution in [0.4, 0.5) is 0 Å². The van der Waals surface area contributed by atoms with Crippen molar-refractivity contribution in [1.82, 2.24) is 14.8 Å². The van der Waals surface area contributed by atoms with Crippen molar-refractivity contribution in [2.24, 2.45) is 11.3 Å². The molecule has 1 aliphatic carbocycles. The van der Waals surface area contributed by atoms with Gasteiger partial charge in [0.05, 0.1) is 11.1 Å². The second-order valence-corrected chi connectivity index (χ2v) is 8.71. The summed E-state index contributed by atoms with van der Waals surface area (Å²) >= 11 is 0. The molecule has 3 fully saturated rings. The van der Waals surface area contributed by atoms with Gasteiger partial charge in [0.1, 0.15) is 0 Å². The number of aromatic nitrogens is 1. The lowest BCUT2D eigenvalue weighted by atomic mass is 9.78. The molecule has 27 heavy (non-hydrogen) atoms. The summed E-state index contributed by atoms with van der Waals surface area (Å²) in [6.07, 6.45) is 11.9. The molecular formula is C21H31N3O3. The third-order valence-electron chi connectivity index (χ3n) is 6.94. The zero-order valence-electron chi connectivity index (χ0n) is 16.4. The van der Waals surface area contributed by atoms with Crippen LogP contribution in [0.15, 0.2) is 10.8 Å². The molecule has 0 bridgehead atoms. The standard InChI is InChI=1S/C21H31N3O3/c1-16-18(27-15-22-16)19(25)24-13-10-21(14-24)9-5-11-23(20(21)26)12-8-17-6-3-2-4-7-17/h15,17H,2-14H2,1H3. The van der Waals surface area contributed by atoms with Crippen LogP contribution < -0.4 is 0 Å². The lowest BCUT2D eigenvalue weighted by Gasteiger charge is -2.40. The van der Waals surface area contributed by atoms with Crippen molar-refractivity contribution in [3.05, 3.63) is 17.8 Å². The predicted octanol–water partition coefficient (Wildman–Crippen LogP) is 3.41. The molecule has 2 amide bonds. The quantitative estimate of drug-likeness (QED) is 0.811. The van der Waals surface area contributed by atoms with Crippen LogP contribution in [0.5, 0.6) is 0 Å². The lowest BCUT2D eigenvalue weighted by molar-refractivity contribution is -0.145. The van der Waals surface area contributed by atoms with E-state index in [0.717, 1.165) is 44.7 Å². The highest BCUT2D eigenvalue weighted by molar-refractivity contribution is 5.94. The molecule has 148 valence electrons. The van der Waals surface area contributed by atoms with Gasteiger partial charge in [-0.3, -0.25) is 9.59 Å². The number of amides is 2. The van der Waals surface area contributed by atoms with Crippen molar-refractivity contribution < 1.29 is 14.0 Å². The Hall–Kier alpha value is -1.85. The zero-order valence-corrected chi connectivity index (χ0v) is 16.4. The van der Waals surface area contributed by atoms with Crippen molar-refractivity contribution in [3.8, 4) is 0 Å². The Balaban J connectivity index is 1.38. The zero-order chi connectivity index (χ0) is 18.9. The van der Waals surface area contributed by atoms with E-state index in [9.17, 15) is 9.59 Å². The van der Waals surface area contributed by atoms with Crippen molar-refractivity contribution in [1.29, 1.82) is 0 Å². The number of carbonyl (C=O) groups is 2. The number of carbonyl (C=O) groups excluding carboxylic acids is 2. The van der Waals surface area contributed by atoms with Gasteiger partial charge in [-0.1, -0.05) is 32.1 Å². The number of oxazole rings is 1. The van der Waals surface area contributed by atoms with Gasteiger partial charge < -0.3 is 14.2 Å². The van der Waals surface area contributed by atoms with Gasteiger partial charge in [0.15, 0.2) is 6.39 Å². The molecule has 1 atom stereocenters. The van der Waals surface area contributed by atoms with Gasteiger partial charge in [-0.05, 0) is 38.5 Å². The molecule has 1 unspecified atom stereocenters. The van der Waals surface area contributed by atoms with Crippen molar-refractivity contribution >= 4 is 11.8 Å². The first-order chi connectivity index (χ1) is 13.1. The highest BCUT2D eigenvalue weighted by Crippen LogP contribution is 2.41. The van der Waals surface area contributed by atoms with E-state index < -0.39 is 0 Å². The molecule has 0 aromatic carbocycles. The lowest BCUT2D eigenvalue weighted by Crippen LogP contribution is -2.50. The average Bonchev–Trinajstić information content (AvgIpc) is 3.31. The average molecular weight is 373 g/mol. The molecule has 4 rings (SSSR count). The number of hydrogen-bond acceptors (Lipinski definition) is 4. The number of rotatable bonds is 4. The Labute approximate surface area is 161 Å². The Bertz CT molecular complexity index is 695. The molecule has 6 heteroatoms. The van der Waals surface area contributed by atoms with Gasteiger partial charge in [-0.25, -0.2) is 4.98 Å². The molecular weight excluding hydrogens is 342 g/mol. The highest BCUT2D eigenvalue weighted by Gasteiger charge is 2.49. The van der Waals surface area contributed by atoms with Crippen LogP contribution in [0, 0.1) is 18.3 Å². The molecule has 2 saturated heterocycles. The first-order valence-corrected chi connectivity index (χ1v) is 10.6. The molecule has 2 aliphatic heterocycles. The number of hydrogen-bond donors (Lipinski definition) is 0. The minimum Gasteiger partial charge on any atom is -0.438 e. The van der Waals surface area contributed by atoms with E-state index in [2.05, 4.69) is 9.88 Å². The molecule has 0 N–H and O–H groups in total. The van der Waals surface area contributed by atoms with Gasteiger partial charge in [0, 0.05) is 26.2 Å². The van der Waals surface area contributed by atoms with E-state index in [1.807, 2.05) is 0 Å². The topological polar surface area (TPSA) is 66.7 Å². The van der Waals surface area contributed by atoms with Crippen LogP contribution in [0.2, 0.25) is 0 Å². The van der Waals surface area contributed by atoms with Crippen LogP contribution in [-0.4, -0.2) is 52.8 Å². The van der Waals surface area contributed by atoms with E-state index >= 15 is 0 Å². The van der Waals surface area contributed by atoms with Crippen LogP contribution >= 0.6 is 0 Å². The first kappa shape index (κ1) is 18.5. The Morgan fingerprint density at radius 1 is 1.22 bits per heavy atom. The monoisotopic (exact) mass is 373 g/mol. The Morgan fingerprint density at radius 3 is 2.78 bits per heavy atom. The predicted molar refractivity (Wildman–Crippen MR) is 101 cm³/mol. The number of likely N-dealkylation sites (tertiary alicyclic amines) is 2.